The third kappa shape index (κ3) is 10.5. The first-order chi connectivity index (χ1) is 50.7. The van der Waals surface area contributed by atoms with Crippen molar-refractivity contribution in [2.75, 3.05) is 9.80 Å². The zero-order valence-corrected chi connectivity index (χ0v) is 66.4. The fraction of sp³-hybridized carbons (Fsp3) is 0.286. The fourth-order valence-electron chi connectivity index (χ4n) is 17.0. The number of nitrogens with zero attached hydrogens (tertiary/aromatic N) is 6. The average Bonchev–Trinajstić information content (AvgIpc) is 1.54. The van der Waals surface area contributed by atoms with Crippen LogP contribution in [-0.2, 0) is 37.9 Å². The van der Waals surface area contributed by atoms with Crippen LogP contribution < -0.4 is 9.80 Å². The Morgan fingerprint density at radius 1 is 0.185 bits per heavy atom. The van der Waals surface area contributed by atoms with Crippen LogP contribution in [0.5, 0.6) is 0 Å². The second-order valence-corrected chi connectivity index (χ2v) is 37.8. The Morgan fingerprint density at radius 3 is 0.565 bits per heavy atom. The van der Waals surface area contributed by atoms with Crippen molar-refractivity contribution < 1.29 is 19.2 Å². The topological polar surface area (TPSA) is 94.5 Å². The molecule has 0 aliphatic carbocycles. The number of fused-ring (bicyclic) bond motifs is 14. The van der Waals surface area contributed by atoms with E-state index in [1.54, 1.807) is 24.3 Å². The molecule has 11 aromatic carbocycles. The number of anilines is 2. The zero-order chi connectivity index (χ0) is 76.7. The van der Waals surface area contributed by atoms with Gasteiger partial charge in [-0.3, -0.25) is 19.2 Å². The number of rotatable bonds is 6. The van der Waals surface area contributed by atoms with Crippen LogP contribution in [0.4, 0.5) is 11.4 Å². The normalized spacial score (nSPS) is 14.4. The van der Waals surface area contributed by atoms with Gasteiger partial charge in [0.15, 0.2) is 0 Å². The molecular formula is C98H96N6O4. The molecule has 2 aliphatic rings. The summed E-state index contributed by atoms with van der Waals surface area (Å²) in [6.45, 7) is 46.7. The van der Waals surface area contributed by atoms with Gasteiger partial charge in [-0.15, -0.1) is 0 Å². The molecule has 0 saturated carbocycles. The second kappa shape index (κ2) is 23.2. The molecule has 0 N–H and O–H groups in total. The Balaban J connectivity index is 0.926. The number of imide groups is 2. The number of amides is 4. The molecule has 0 unspecified atom stereocenters. The van der Waals surface area contributed by atoms with Crippen LogP contribution in [0, 0.1) is 0 Å². The molecule has 0 fully saturated rings. The standard InChI is InChI=1S/C98H96N6O4/c1-92(2,3)55-30-37-71-63(48-55)62-26-22-23-27-70(62)99(71)80-44-45-81(100-72-38-31-56(93(4,5)6)49-64(72)65-50-57(94(7,8)9)32-39-73(65)100)85-84(80)88(105)103(89(85)106)78-28-24-25-29-79(78)104-90(107)86-82(101-74-40-33-58(95(10,11)12)51-66(74)67-52-59(96(13,14)15)34-41-75(67)101)46-47-83(87(86)91(104)108)102-76-42-35-60(97(16,17)18)53-68(76)69-54-61(98(19,20)21)36-43-77(69)102/h22-54H,1-21H3. The molecule has 0 atom stereocenters. The molecule has 6 heterocycles. The van der Waals surface area contributed by atoms with Crippen LogP contribution in [0.3, 0.4) is 0 Å². The van der Waals surface area contributed by atoms with Crippen LogP contribution in [-0.4, -0.2) is 41.9 Å². The van der Waals surface area contributed by atoms with E-state index in [0.717, 1.165) is 126 Å². The van der Waals surface area contributed by atoms with E-state index in [4.69, 9.17) is 0 Å². The van der Waals surface area contributed by atoms with E-state index < -0.39 is 23.6 Å². The van der Waals surface area contributed by atoms with Gasteiger partial charge in [0.1, 0.15) is 0 Å². The van der Waals surface area contributed by atoms with Crippen molar-refractivity contribution in [1.29, 1.82) is 0 Å². The summed E-state index contributed by atoms with van der Waals surface area (Å²) in [5.41, 5.74) is 16.9. The van der Waals surface area contributed by atoms with Gasteiger partial charge in [0.05, 0.1) is 101 Å². The molecule has 17 rings (SSSR count). The Hall–Kier alpha value is -11.1. The third-order valence-electron chi connectivity index (χ3n) is 23.3. The van der Waals surface area contributed by atoms with E-state index in [1.807, 2.05) is 36.4 Å². The van der Waals surface area contributed by atoms with Crippen LogP contribution in [0.2, 0.25) is 0 Å². The van der Waals surface area contributed by atoms with E-state index >= 15 is 19.2 Å². The highest BCUT2D eigenvalue weighted by Gasteiger charge is 2.48. The van der Waals surface area contributed by atoms with Gasteiger partial charge in [-0.1, -0.05) is 218 Å². The summed E-state index contributed by atoms with van der Waals surface area (Å²) in [6.07, 6.45) is 0. The number of hydrogen-bond donors (Lipinski definition) is 0. The molecule has 4 amide bonds. The van der Waals surface area contributed by atoms with Crippen LogP contribution >= 0.6 is 0 Å². The lowest BCUT2D eigenvalue weighted by Gasteiger charge is -2.23. The summed E-state index contributed by atoms with van der Waals surface area (Å²) in [5, 5.41) is 8.17. The van der Waals surface area contributed by atoms with Gasteiger partial charge in [-0.05, 0) is 204 Å². The van der Waals surface area contributed by atoms with Crippen LogP contribution in [0.25, 0.3) is 110 Å². The smallest absolute Gasteiger partial charge is 0.268 e. The summed E-state index contributed by atoms with van der Waals surface area (Å²) in [7, 11) is 0. The fourth-order valence-corrected chi connectivity index (χ4v) is 17.0. The van der Waals surface area contributed by atoms with Gasteiger partial charge < -0.3 is 18.3 Å². The molecule has 542 valence electrons. The van der Waals surface area contributed by atoms with E-state index in [0.29, 0.717) is 22.7 Å². The van der Waals surface area contributed by atoms with E-state index in [9.17, 15) is 0 Å². The lowest BCUT2D eigenvalue weighted by atomic mass is 9.85. The third-order valence-corrected chi connectivity index (χ3v) is 23.3. The molecule has 10 heteroatoms. The van der Waals surface area contributed by atoms with Gasteiger partial charge in [0.2, 0.25) is 0 Å². The molecule has 0 spiro atoms. The van der Waals surface area contributed by atoms with E-state index in [1.165, 1.54) is 9.80 Å². The lowest BCUT2D eigenvalue weighted by Crippen LogP contribution is -2.35. The van der Waals surface area contributed by atoms with Crippen molar-refractivity contribution in [2.24, 2.45) is 0 Å². The first-order valence-electron chi connectivity index (χ1n) is 38.2. The molecule has 10 nitrogen and oxygen atoms in total. The van der Waals surface area contributed by atoms with Crippen molar-refractivity contribution in [1.82, 2.24) is 18.3 Å². The molecule has 0 bridgehead atoms. The van der Waals surface area contributed by atoms with Crippen molar-refractivity contribution in [3.05, 3.63) is 261 Å². The monoisotopic (exact) mass is 1420 g/mol. The summed E-state index contributed by atoms with van der Waals surface area (Å²) >= 11 is 0. The Morgan fingerprint density at radius 2 is 0.361 bits per heavy atom. The minimum atomic E-state index is -0.593. The maximum atomic E-state index is 17.1. The summed E-state index contributed by atoms with van der Waals surface area (Å²) in [5.74, 6) is -2.37. The van der Waals surface area contributed by atoms with Gasteiger partial charge in [-0.2, -0.15) is 0 Å². The van der Waals surface area contributed by atoms with Gasteiger partial charge in [0.25, 0.3) is 23.6 Å². The van der Waals surface area contributed by atoms with Crippen molar-refractivity contribution >= 4 is 122 Å². The zero-order valence-electron chi connectivity index (χ0n) is 66.4. The summed E-state index contributed by atoms with van der Waals surface area (Å²) in [4.78, 5) is 70.8. The predicted octanol–water partition coefficient (Wildman–Crippen LogP) is 24.8. The van der Waals surface area contributed by atoms with Crippen LogP contribution in [0.15, 0.2) is 200 Å². The molecule has 4 aromatic heterocycles. The SMILES string of the molecule is CC(C)(C)c1ccc2c(c1)c1ccccc1n2-c1ccc(-n2c3ccc(C(C)(C)C)cc3c3cc(C(C)(C)C)ccc32)c2c1C(=O)N(c1ccccc1N1C(=O)c3c(-n4c5ccc(C(C)(C)C)cc5c5cc(C(C)(C)C)ccc54)ccc(-n4c5ccc(C(C)(C)C)cc5c5cc(C(C)(C)C)ccc54)c3C1=O)C2=O. The first kappa shape index (κ1) is 69.9. The first-order valence-corrected chi connectivity index (χ1v) is 38.2. The number of carbonyl (C=O) groups excluding carboxylic acids is 4. The maximum Gasteiger partial charge on any atom is 0.268 e. The molecule has 0 saturated heterocycles. The van der Waals surface area contributed by atoms with Crippen LogP contribution in [0.1, 0.15) is 226 Å². The quantitative estimate of drug-likeness (QED) is 0.155. The lowest BCUT2D eigenvalue weighted by molar-refractivity contribution is 0.0904. The molecule has 15 aromatic rings. The predicted molar refractivity (Wildman–Crippen MR) is 450 cm³/mol. The number of benzene rings is 11. The van der Waals surface area contributed by atoms with Crippen molar-refractivity contribution in [3.63, 3.8) is 0 Å². The van der Waals surface area contributed by atoms with E-state index in [-0.39, 0.29) is 71.5 Å². The number of para-hydroxylation sites is 3. The number of carbonyl (C=O) groups is 4. The highest BCUT2D eigenvalue weighted by molar-refractivity contribution is 6.41. The maximum absolute atomic E-state index is 17.1. The van der Waals surface area contributed by atoms with E-state index in [2.05, 4.69) is 303 Å². The summed E-state index contributed by atoms with van der Waals surface area (Å²) < 4.78 is 8.62. The van der Waals surface area contributed by atoms with Gasteiger partial charge in [-0.25, -0.2) is 9.80 Å². The highest BCUT2D eigenvalue weighted by atomic mass is 16.2. The molecule has 108 heavy (non-hydrogen) atoms. The minimum absolute atomic E-state index is 0.0877. The number of aromatic nitrogens is 4. The molecular weight excluding hydrogens is 1330 g/mol. The van der Waals surface area contributed by atoms with Crippen molar-refractivity contribution in [3.8, 4) is 22.7 Å². The Kier molecular flexibility index (Phi) is 15.0. The molecule has 2 aliphatic heterocycles. The highest BCUT2D eigenvalue weighted by Crippen LogP contribution is 2.50. The Labute approximate surface area is 633 Å². The largest absolute Gasteiger partial charge is 0.308 e. The summed E-state index contributed by atoms with van der Waals surface area (Å²) in [6, 6.07) is 69.6. The van der Waals surface area contributed by atoms with Crippen molar-refractivity contribution in [2.45, 2.75) is 183 Å². The number of hydrogen-bond acceptors (Lipinski definition) is 4. The second-order valence-electron chi connectivity index (χ2n) is 37.8. The minimum Gasteiger partial charge on any atom is -0.308 e. The molecule has 0 radical (unpaired) electrons. The van der Waals surface area contributed by atoms with Gasteiger partial charge in [0, 0.05) is 43.1 Å². The Bertz CT molecular complexity index is 6100. The average molecular weight is 1420 g/mol. The van der Waals surface area contributed by atoms with Gasteiger partial charge >= 0.3 is 0 Å².